The normalized spacial score (nSPS) is 12.9. The molecular formula is C13H16F3NO3. The zero-order valence-corrected chi connectivity index (χ0v) is 11.1. The Hall–Kier alpha value is -1.76. The minimum Gasteiger partial charge on any atom is -0.483 e. The lowest BCUT2D eigenvalue weighted by Crippen LogP contribution is -2.36. The van der Waals surface area contributed by atoms with E-state index in [0.717, 1.165) is 5.56 Å². The van der Waals surface area contributed by atoms with Crippen molar-refractivity contribution in [3.8, 4) is 5.75 Å². The van der Waals surface area contributed by atoms with Crippen LogP contribution in [0, 0.1) is 6.92 Å². The van der Waals surface area contributed by atoms with Gasteiger partial charge in [0.05, 0.1) is 6.10 Å². The Balaban J connectivity index is 2.61. The Bertz CT molecular complexity index is 472. The number of hydrogen-bond acceptors (Lipinski definition) is 3. The highest BCUT2D eigenvalue weighted by molar-refractivity contribution is 5.77. The van der Waals surface area contributed by atoms with Crippen LogP contribution in [0.5, 0.6) is 5.75 Å². The molecule has 1 aromatic rings. The highest BCUT2D eigenvalue weighted by Crippen LogP contribution is 2.26. The number of carbonyl (C=O) groups is 1. The number of rotatable bonds is 5. The van der Waals surface area contributed by atoms with Gasteiger partial charge in [-0.3, -0.25) is 4.79 Å². The van der Waals surface area contributed by atoms with Crippen LogP contribution in [-0.2, 0) is 4.79 Å². The van der Waals surface area contributed by atoms with Crippen LogP contribution in [0.2, 0.25) is 0 Å². The van der Waals surface area contributed by atoms with Crippen LogP contribution in [0.1, 0.15) is 24.2 Å². The van der Waals surface area contributed by atoms with Gasteiger partial charge in [0.2, 0.25) is 0 Å². The number of aliphatic hydroxyl groups excluding tert-OH is 1. The number of ether oxygens (including phenoxy) is 1. The van der Waals surface area contributed by atoms with Crippen molar-refractivity contribution in [2.45, 2.75) is 26.1 Å². The van der Waals surface area contributed by atoms with Gasteiger partial charge in [0.1, 0.15) is 12.3 Å². The lowest BCUT2D eigenvalue weighted by atomic mass is 10.1. The number of hydrogen-bond donors (Lipinski definition) is 2. The number of amides is 1. The quantitative estimate of drug-likeness (QED) is 0.873. The molecule has 0 aromatic heterocycles. The van der Waals surface area contributed by atoms with E-state index in [-0.39, 0.29) is 5.75 Å². The average molecular weight is 291 g/mol. The van der Waals surface area contributed by atoms with Gasteiger partial charge in [-0.15, -0.1) is 0 Å². The predicted octanol–water partition coefficient (Wildman–Crippen LogP) is 2.11. The minimum absolute atomic E-state index is 0.280. The summed E-state index contributed by atoms with van der Waals surface area (Å²) in [6, 6.07) is 5.01. The third-order valence-corrected chi connectivity index (χ3v) is 2.46. The van der Waals surface area contributed by atoms with Crippen LogP contribution in [0.15, 0.2) is 18.2 Å². The Morgan fingerprint density at radius 2 is 2.10 bits per heavy atom. The van der Waals surface area contributed by atoms with Crippen molar-refractivity contribution in [3.63, 3.8) is 0 Å². The van der Waals surface area contributed by atoms with Gasteiger partial charge in [-0.2, -0.15) is 13.2 Å². The fourth-order valence-corrected chi connectivity index (χ4v) is 1.50. The second-order valence-electron chi connectivity index (χ2n) is 4.40. The Morgan fingerprint density at radius 3 is 2.65 bits per heavy atom. The molecular weight excluding hydrogens is 275 g/mol. The molecule has 0 spiro atoms. The molecule has 0 heterocycles. The van der Waals surface area contributed by atoms with E-state index < -0.39 is 31.3 Å². The molecule has 0 aliphatic carbocycles. The average Bonchev–Trinajstić information content (AvgIpc) is 2.32. The number of alkyl halides is 3. The molecule has 112 valence electrons. The number of aryl methyl sites for hydroxylation is 1. The SMILES string of the molecule is Cc1ccc(C(C)O)c(OCC(=O)NCC(F)(F)F)c1. The summed E-state index contributed by atoms with van der Waals surface area (Å²) in [6.07, 6.45) is -5.26. The Morgan fingerprint density at radius 1 is 1.45 bits per heavy atom. The third-order valence-electron chi connectivity index (χ3n) is 2.46. The van der Waals surface area contributed by atoms with E-state index in [1.807, 2.05) is 0 Å². The molecule has 0 radical (unpaired) electrons. The molecule has 0 aliphatic heterocycles. The molecule has 1 amide bonds. The Labute approximate surface area is 114 Å². The number of aliphatic hydroxyl groups is 1. The zero-order valence-electron chi connectivity index (χ0n) is 11.1. The van der Waals surface area contributed by atoms with Crippen molar-refractivity contribution in [1.82, 2.24) is 5.32 Å². The summed E-state index contributed by atoms with van der Waals surface area (Å²) in [4.78, 5) is 11.2. The van der Waals surface area contributed by atoms with Crippen LogP contribution in [0.3, 0.4) is 0 Å². The topological polar surface area (TPSA) is 58.6 Å². The van der Waals surface area contributed by atoms with E-state index in [2.05, 4.69) is 0 Å². The molecule has 4 nitrogen and oxygen atoms in total. The second-order valence-corrected chi connectivity index (χ2v) is 4.40. The lowest BCUT2D eigenvalue weighted by molar-refractivity contribution is -0.139. The maximum absolute atomic E-state index is 11.9. The first-order valence-corrected chi connectivity index (χ1v) is 5.94. The summed E-state index contributed by atoms with van der Waals surface area (Å²) in [5, 5.41) is 11.2. The molecule has 20 heavy (non-hydrogen) atoms. The van der Waals surface area contributed by atoms with E-state index >= 15 is 0 Å². The Kier molecular flexibility index (Phi) is 5.38. The fourth-order valence-electron chi connectivity index (χ4n) is 1.50. The van der Waals surface area contributed by atoms with Crippen molar-refractivity contribution in [2.24, 2.45) is 0 Å². The number of carbonyl (C=O) groups excluding carboxylic acids is 1. The van der Waals surface area contributed by atoms with Gasteiger partial charge in [-0.05, 0) is 25.5 Å². The lowest BCUT2D eigenvalue weighted by Gasteiger charge is -2.14. The summed E-state index contributed by atoms with van der Waals surface area (Å²) >= 11 is 0. The molecule has 0 saturated carbocycles. The molecule has 1 aromatic carbocycles. The summed E-state index contributed by atoms with van der Waals surface area (Å²) in [6.45, 7) is 1.38. The van der Waals surface area contributed by atoms with E-state index in [9.17, 15) is 23.1 Å². The molecule has 7 heteroatoms. The molecule has 2 N–H and O–H groups in total. The number of nitrogens with one attached hydrogen (secondary N) is 1. The molecule has 1 atom stereocenters. The molecule has 1 rings (SSSR count). The van der Waals surface area contributed by atoms with E-state index in [1.54, 1.807) is 30.4 Å². The zero-order chi connectivity index (χ0) is 15.3. The monoisotopic (exact) mass is 291 g/mol. The molecule has 1 unspecified atom stereocenters. The van der Waals surface area contributed by atoms with Crippen LogP contribution in [-0.4, -0.2) is 30.3 Å². The van der Waals surface area contributed by atoms with Gasteiger partial charge in [0.25, 0.3) is 5.91 Å². The largest absolute Gasteiger partial charge is 0.483 e. The van der Waals surface area contributed by atoms with E-state index in [4.69, 9.17) is 4.74 Å². The van der Waals surface area contributed by atoms with Crippen LogP contribution < -0.4 is 10.1 Å². The smallest absolute Gasteiger partial charge is 0.405 e. The molecule has 0 bridgehead atoms. The summed E-state index contributed by atoms with van der Waals surface area (Å²) in [7, 11) is 0. The molecule has 0 fully saturated rings. The second kappa shape index (κ2) is 6.60. The predicted molar refractivity (Wildman–Crippen MR) is 66.4 cm³/mol. The highest BCUT2D eigenvalue weighted by Gasteiger charge is 2.27. The first-order valence-electron chi connectivity index (χ1n) is 5.94. The van der Waals surface area contributed by atoms with Crippen molar-refractivity contribution >= 4 is 5.91 Å². The summed E-state index contributed by atoms with van der Waals surface area (Å²) in [5.74, 6) is -0.595. The van der Waals surface area contributed by atoms with Gasteiger partial charge >= 0.3 is 6.18 Å². The van der Waals surface area contributed by atoms with Gasteiger partial charge < -0.3 is 15.2 Å². The number of halogens is 3. The van der Waals surface area contributed by atoms with Crippen LogP contribution >= 0.6 is 0 Å². The van der Waals surface area contributed by atoms with Crippen molar-refractivity contribution in [1.29, 1.82) is 0 Å². The molecule has 0 aliphatic rings. The summed E-state index contributed by atoms with van der Waals surface area (Å²) in [5.41, 5.74) is 1.32. The highest BCUT2D eigenvalue weighted by atomic mass is 19.4. The molecule has 0 saturated heterocycles. The van der Waals surface area contributed by atoms with Crippen LogP contribution in [0.25, 0.3) is 0 Å². The van der Waals surface area contributed by atoms with Gasteiger partial charge in [0.15, 0.2) is 6.61 Å². The summed E-state index contributed by atoms with van der Waals surface area (Å²) < 4.78 is 40.9. The van der Waals surface area contributed by atoms with Crippen molar-refractivity contribution in [2.75, 3.05) is 13.2 Å². The van der Waals surface area contributed by atoms with Gasteiger partial charge in [-0.1, -0.05) is 12.1 Å². The van der Waals surface area contributed by atoms with Gasteiger partial charge in [-0.25, -0.2) is 0 Å². The fraction of sp³-hybridized carbons (Fsp3) is 0.462. The standard InChI is InChI=1S/C13H16F3NO3/c1-8-3-4-10(9(2)18)11(5-8)20-6-12(19)17-7-13(14,15)16/h3-5,9,18H,6-7H2,1-2H3,(H,17,19). The third kappa shape index (κ3) is 5.48. The first kappa shape index (κ1) is 16.3. The van der Waals surface area contributed by atoms with Crippen molar-refractivity contribution < 1.29 is 27.8 Å². The first-order chi connectivity index (χ1) is 9.19. The van der Waals surface area contributed by atoms with E-state index in [0.29, 0.717) is 5.56 Å². The van der Waals surface area contributed by atoms with E-state index in [1.165, 1.54) is 6.92 Å². The van der Waals surface area contributed by atoms with Crippen LogP contribution in [0.4, 0.5) is 13.2 Å². The van der Waals surface area contributed by atoms with Gasteiger partial charge in [0, 0.05) is 5.56 Å². The maximum atomic E-state index is 11.9. The van der Waals surface area contributed by atoms with Crippen molar-refractivity contribution in [3.05, 3.63) is 29.3 Å². The maximum Gasteiger partial charge on any atom is 0.405 e. The number of benzene rings is 1. The minimum atomic E-state index is -4.45.